The van der Waals surface area contributed by atoms with Gasteiger partial charge in [0.15, 0.2) is 0 Å². The van der Waals surface area contributed by atoms with Gasteiger partial charge in [0.2, 0.25) is 0 Å². The van der Waals surface area contributed by atoms with Crippen molar-refractivity contribution < 1.29 is 9.59 Å². The van der Waals surface area contributed by atoms with Gasteiger partial charge in [-0.2, -0.15) is 0 Å². The number of hydrogen-bond donors (Lipinski definition) is 1. The van der Waals surface area contributed by atoms with Crippen molar-refractivity contribution in [3.05, 3.63) is 36.4 Å². The van der Waals surface area contributed by atoms with Crippen LogP contribution in [0.2, 0.25) is 0 Å². The van der Waals surface area contributed by atoms with Gasteiger partial charge in [-0.15, -0.1) is 11.8 Å². The minimum absolute atomic E-state index is 0.388. The molecule has 0 atom stereocenters. The third kappa shape index (κ3) is 3.29. The van der Waals surface area contributed by atoms with Crippen molar-refractivity contribution in [2.24, 2.45) is 5.92 Å². The van der Waals surface area contributed by atoms with Crippen molar-refractivity contribution in [3.63, 3.8) is 0 Å². The van der Waals surface area contributed by atoms with Crippen molar-refractivity contribution >= 4 is 22.5 Å². The maximum atomic E-state index is 10.00. The van der Waals surface area contributed by atoms with Gasteiger partial charge in [-0.3, -0.25) is 0 Å². The van der Waals surface area contributed by atoms with Gasteiger partial charge in [-0.1, -0.05) is 24.3 Å². The normalized spacial score (nSPS) is 26.1. The first-order valence-corrected chi connectivity index (χ1v) is 10.4. The number of phenols is 1. The molecule has 5 rings (SSSR count). The Labute approximate surface area is 149 Å². The Balaban J connectivity index is 1.30. The Morgan fingerprint density at radius 1 is 0.917 bits per heavy atom. The summed E-state index contributed by atoms with van der Waals surface area (Å²) in [5, 5.41) is 12.1. The van der Waals surface area contributed by atoms with Gasteiger partial charge in [0.1, 0.15) is 5.75 Å². The third-order valence-electron chi connectivity index (χ3n) is 6.18. The lowest BCUT2D eigenvalue weighted by atomic mass is 9.85. The molecule has 0 amide bonds. The van der Waals surface area contributed by atoms with E-state index in [1.165, 1.54) is 78.8 Å². The molecule has 3 aliphatic rings. The summed E-state index contributed by atoms with van der Waals surface area (Å²) in [6, 6.07) is 12.1. The van der Waals surface area contributed by atoms with Crippen LogP contribution in [0.1, 0.15) is 32.1 Å². The van der Waals surface area contributed by atoms with E-state index in [9.17, 15) is 5.11 Å². The number of unbranched alkanes of at least 4 members (excludes halogenated alkanes) is 1. The smallest absolute Gasteiger partial charge is 0.123 e. The SMILES string of the molecule is Oc1ccc(SCCCC[N+]23CCC(CC2)CC3)c2ccccc12. The average molecular weight is 343 g/mol. The van der Waals surface area contributed by atoms with Crippen molar-refractivity contribution in [1.29, 1.82) is 0 Å². The predicted octanol–water partition coefficient (Wildman–Crippen LogP) is 5.05. The first-order chi connectivity index (χ1) is 11.8. The van der Waals surface area contributed by atoms with Crippen LogP contribution in [0.5, 0.6) is 5.75 Å². The van der Waals surface area contributed by atoms with Crippen molar-refractivity contribution in [2.45, 2.75) is 37.0 Å². The second kappa shape index (κ2) is 6.97. The van der Waals surface area contributed by atoms with Crippen LogP contribution < -0.4 is 0 Å². The molecule has 0 aromatic heterocycles. The predicted molar refractivity (Wildman–Crippen MR) is 103 cm³/mol. The molecule has 24 heavy (non-hydrogen) atoms. The van der Waals surface area contributed by atoms with E-state index in [1.54, 1.807) is 0 Å². The van der Waals surface area contributed by atoms with E-state index in [0.717, 1.165) is 11.3 Å². The van der Waals surface area contributed by atoms with E-state index in [4.69, 9.17) is 0 Å². The highest BCUT2D eigenvalue weighted by atomic mass is 32.2. The molecule has 1 N–H and O–H groups in total. The highest BCUT2D eigenvalue weighted by Gasteiger charge is 2.38. The molecular weight excluding hydrogens is 314 g/mol. The number of nitrogens with zero attached hydrogens (tertiary/aromatic N) is 1. The lowest BCUT2D eigenvalue weighted by Gasteiger charge is -2.49. The van der Waals surface area contributed by atoms with Gasteiger partial charge in [-0.25, -0.2) is 0 Å². The number of benzene rings is 2. The molecule has 2 aromatic carbocycles. The zero-order valence-electron chi connectivity index (χ0n) is 14.4. The lowest BCUT2D eigenvalue weighted by molar-refractivity contribution is -0.942. The molecule has 2 aromatic rings. The quantitative estimate of drug-likeness (QED) is 0.450. The van der Waals surface area contributed by atoms with Crippen LogP contribution in [-0.4, -0.2) is 41.5 Å². The molecule has 0 spiro atoms. The summed E-state index contributed by atoms with van der Waals surface area (Å²) >= 11 is 1.94. The molecular formula is C21H28NOS+. The van der Waals surface area contributed by atoms with E-state index in [1.807, 2.05) is 30.0 Å². The van der Waals surface area contributed by atoms with E-state index >= 15 is 0 Å². The fraction of sp³-hybridized carbons (Fsp3) is 0.524. The van der Waals surface area contributed by atoms with Crippen molar-refractivity contribution in [2.75, 3.05) is 31.9 Å². The number of phenolic OH excluding ortho intramolecular Hbond substituents is 1. The Morgan fingerprint density at radius 3 is 2.38 bits per heavy atom. The Bertz CT molecular complexity index is 692. The van der Waals surface area contributed by atoms with Crippen molar-refractivity contribution in [3.8, 4) is 5.75 Å². The van der Waals surface area contributed by atoms with Crippen LogP contribution in [0.15, 0.2) is 41.3 Å². The molecule has 0 unspecified atom stereocenters. The molecule has 2 nitrogen and oxygen atoms in total. The van der Waals surface area contributed by atoms with Gasteiger partial charge in [0.25, 0.3) is 0 Å². The zero-order valence-corrected chi connectivity index (χ0v) is 15.2. The molecule has 0 radical (unpaired) electrons. The largest absolute Gasteiger partial charge is 0.507 e. The molecule has 3 heterocycles. The van der Waals surface area contributed by atoms with E-state index in [0.29, 0.717) is 5.75 Å². The van der Waals surface area contributed by atoms with E-state index < -0.39 is 0 Å². The van der Waals surface area contributed by atoms with Crippen LogP contribution in [0, 0.1) is 5.92 Å². The number of aromatic hydroxyl groups is 1. The Hall–Kier alpha value is -1.19. The maximum absolute atomic E-state index is 10.00. The molecule has 3 saturated heterocycles. The van der Waals surface area contributed by atoms with Crippen LogP contribution in [0.25, 0.3) is 10.8 Å². The van der Waals surface area contributed by atoms with Crippen LogP contribution in [0.3, 0.4) is 0 Å². The number of rotatable bonds is 6. The first kappa shape index (κ1) is 16.3. The summed E-state index contributed by atoms with van der Waals surface area (Å²) < 4.78 is 1.42. The third-order valence-corrected chi connectivity index (χ3v) is 7.34. The topological polar surface area (TPSA) is 20.2 Å². The minimum atomic E-state index is 0.388. The van der Waals surface area contributed by atoms with Crippen molar-refractivity contribution in [1.82, 2.24) is 0 Å². The van der Waals surface area contributed by atoms with Gasteiger partial charge in [0.05, 0.1) is 26.2 Å². The summed E-state index contributed by atoms with van der Waals surface area (Å²) in [5.74, 6) is 2.62. The lowest BCUT2D eigenvalue weighted by Crippen LogP contribution is -2.58. The van der Waals surface area contributed by atoms with Crippen LogP contribution >= 0.6 is 11.8 Å². The number of piperidine rings is 3. The summed E-state index contributed by atoms with van der Waals surface area (Å²) in [6.07, 6.45) is 7.09. The molecule has 3 heteroatoms. The zero-order chi connectivity index (χ0) is 16.4. The summed E-state index contributed by atoms with van der Waals surface area (Å²) in [4.78, 5) is 1.30. The number of thioether (sulfide) groups is 1. The summed E-state index contributed by atoms with van der Waals surface area (Å²) in [7, 11) is 0. The Morgan fingerprint density at radius 2 is 1.62 bits per heavy atom. The molecule has 0 aliphatic carbocycles. The van der Waals surface area contributed by atoms with Crippen LogP contribution in [-0.2, 0) is 0 Å². The monoisotopic (exact) mass is 342 g/mol. The fourth-order valence-corrected chi connectivity index (χ4v) is 5.65. The number of fused-ring (bicyclic) bond motifs is 4. The molecule has 3 aliphatic heterocycles. The number of hydrogen-bond acceptors (Lipinski definition) is 2. The van der Waals surface area contributed by atoms with E-state index in [-0.39, 0.29) is 0 Å². The number of quaternary nitrogens is 1. The molecule has 0 saturated carbocycles. The van der Waals surface area contributed by atoms with Gasteiger partial charge in [0, 0.05) is 10.3 Å². The average Bonchev–Trinajstić information content (AvgIpc) is 2.65. The molecule has 128 valence electrons. The fourth-order valence-electron chi connectivity index (χ4n) is 4.59. The standard InChI is InChI=1S/C21H27NOS/c23-20-7-8-21(19-6-2-1-5-18(19)20)24-16-4-3-12-22-13-9-17(10-14-22)11-15-22/h1-2,5-8,17H,3-4,9-16H2/p+1. The molecule has 3 fully saturated rings. The first-order valence-electron chi connectivity index (χ1n) is 9.44. The second-order valence-corrected chi connectivity index (χ2v) is 8.79. The van der Waals surface area contributed by atoms with Gasteiger partial charge in [-0.05, 0) is 61.3 Å². The highest BCUT2D eigenvalue weighted by molar-refractivity contribution is 7.99. The minimum Gasteiger partial charge on any atom is -0.507 e. The van der Waals surface area contributed by atoms with Crippen LogP contribution in [0.4, 0.5) is 0 Å². The molecule has 2 bridgehead atoms. The summed E-state index contributed by atoms with van der Waals surface area (Å²) in [5.41, 5.74) is 0. The highest BCUT2D eigenvalue weighted by Crippen LogP contribution is 2.35. The van der Waals surface area contributed by atoms with E-state index in [2.05, 4.69) is 18.2 Å². The van der Waals surface area contributed by atoms with Gasteiger partial charge >= 0.3 is 0 Å². The second-order valence-electron chi connectivity index (χ2n) is 7.65. The van der Waals surface area contributed by atoms with Gasteiger partial charge < -0.3 is 9.59 Å². The maximum Gasteiger partial charge on any atom is 0.123 e. The summed E-state index contributed by atoms with van der Waals surface area (Å²) in [6.45, 7) is 5.73. The Kier molecular flexibility index (Phi) is 4.73.